The first-order valence-corrected chi connectivity index (χ1v) is 8.89. The molecule has 0 atom stereocenters. The molecule has 0 aliphatic carbocycles. The molecule has 1 heterocycles. The Hall–Kier alpha value is -3.54. The van der Waals surface area contributed by atoms with Crippen molar-refractivity contribution in [3.05, 3.63) is 89.5 Å². The molecule has 2 amide bonds. The predicted molar refractivity (Wildman–Crippen MR) is 107 cm³/mol. The summed E-state index contributed by atoms with van der Waals surface area (Å²) in [6.07, 6.45) is 1.43. The molecule has 5 nitrogen and oxygen atoms in total. The molecule has 2 aromatic carbocycles. The van der Waals surface area contributed by atoms with Crippen molar-refractivity contribution in [3.8, 4) is 0 Å². The zero-order chi connectivity index (χ0) is 20.1. The van der Waals surface area contributed by atoms with Gasteiger partial charge >= 0.3 is 0 Å². The summed E-state index contributed by atoms with van der Waals surface area (Å²) in [5.41, 5.74) is 2.75. The molecule has 0 aliphatic heterocycles. The molecule has 0 unspecified atom stereocenters. The van der Waals surface area contributed by atoms with E-state index in [4.69, 9.17) is 0 Å². The molecular formula is C22H20FN3O2. The van der Waals surface area contributed by atoms with Crippen molar-refractivity contribution in [2.24, 2.45) is 0 Å². The third kappa shape index (κ3) is 4.40. The van der Waals surface area contributed by atoms with Gasteiger partial charge in [-0.05, 0) is 67.9 Å². The summed E-state index contributed by atoms with van der Waals surface area (Å²) in [5, 5.41) is 2.68. The molecule has 6 heteroatoms. The number of hydrogen-bond donors (Lipinski definition) is 1. The van der Waals surface area contributed by atoms with Gasteiger partial charge in [-0.15, -0.1) is 0 Å². The SMILES string of the molecule is CCN(C(=O)c1cc(C(=O)Nc2ccc(F)cc2)ccn1)c1cccc(C)c1. The third-order valence-electron chi connectivity index (χ3n) is 4.22. The average molecular weight is 377 g/mol. The maximum Gasteiger partial charge on any atom is 0.276 e. The zero-order valence-electron chi connectivity index (χ0n) is 15.6. The van der Waals surface area contributed by atoms with Crippen LogP contribution < -0.4 is 10.2 Å². The second-order valence-electron chi connectivity index (χ2n) is 6.28. The van der Waals surface area contributed by atoms with E-state index in [1.807, 2.05) is 38.1 Å². The van der Waals surface area contributed by atoms with Gasteiger partial charge in [-0.25, -0.2) is 4.39 Å². The van der Waals surface area contributed by atoms with Crippen LogP contribution in [0.1, 0.15) is 33.3 Å². The summed E-state index contributed by atoms with van der Waals surface area (Å²) >= 11 is 0. The van der Waals surface area contributed by atoms with Crippen molar-refractivity contribution in [2.45, 2.75) is 13.8 Å². The van der Waals surface area contributed by atoms with Gasteiger partial charge in [-0.1, -0.05) is 12.1 Å². The topological polar surface area (TPSA) is 62.3 Å². The quantitative estimate of drug-likeness (QED) is 0.715. The fraction of sp³-hybridized carbons (Fsp3) is 0.136. The first-order valence-electron chi connectivity index (χ1n) is 8.89. The third-order valence-corrected chi connectivity index (χ3v) is 4.22. The van der Waals surface area contributed by atoms with Gasteiger partial charge < -0.3 is 10.2 Å². The minimum atomic E-state index is -0.401. The zero-order valence-corrected chi connectivity index (χ0v) is 15.6. The Morgan fingerprint density at radius 2 is 1.82 bits per heavy atom. The molecular weight excluding hydrogens is 357 g/mol. The Labute approximate surface area is 162 Å². The minimum absolute atomic E-state index is 0.176. The van der Waals surface area contributed by atoms with E-state index in [2.05, 4.69) is 10.3 Å². The Morgan fingerprint density at radius 3 is 2.50 bits per heavy atom. The number of nitrogens with one attached hydrogen (secondary N) is 1. The molecule has 28 heavy (non-hydrogen) atoms. The van der Waals surface area contributed by atoms with Gasteiger partial charge in [0.05, 0.1) is 0 Å². The molecule has 0 saturated carbocycles. The number of pyridine rings is 1. The number of halogens is 1. The number of benzene rings is 2. The molecule has 142 valence electrons. The van der Waals surface area contributed by atoms with E-state index in [1.54, 1.807) is 4.90 Å². The van der Waals surface area contributed by atoms with Gasteiger partial charge in [-0.2, -0.15) is 0 Å². The van der Waals surface area contributed by atoms with Crippen LogP contribution in [0.25, 0.3) is 0 Å². The highest BCUT2D eigenvalue weighted by molar-refractivity contribution is 6.08. The maximum absolute atomic E-state index is 13.0. The van der Waals surface area contributed by atoms with E-state index in [1.165, 1.54) is 42.6 Å². The van der Waals surface area contributed by atoms with E-state index >= 15 is 0 Å². The monoisotopic (exact) mass is 377 g/mol. The van der Waals surface area contributed by atoms with Gasteiger partial charge in [0, 0.05) is 29.7 Å². The first-order chi connectivity index (χ1) is 13.5. The number of aryl methyl sites for hydroxylation is 1. The highest BCUT2D eigenvalue weighted by Gasteiger charge is 2.19. The van der Waals surface area contributed by atoms with Crippen LogP contribution in [-0.4, -0.2) is 23.3 Å². The summed E-state index contributed by atoms with van der Waals surface area (Å²) in [6.45, 7) is 4.31. The second-order valence-corrected chi connectivity index (χ2v) is 6.28. The van der Waals surface area contributed by atoms with Crippen LogP contribution in [0, 0.1) is 12.7 Å². The number of carbonyl (C=O) groups is 2. The number of nitrogens with zero attached hydrogens (tertiary/aromatic N) is 2. The lowest BCUT2D eigenvalue weighted by Crippen LogP contribution is -2.31. The molecule has 0 spiro atoms. The maximum atomic E-state index is 13.0. The lowest BCUT2D eigenvalue weighted by atomic mass is 10.1. The predicted octanol–water partition coefficient (Wildman–Crippen LogP) is 4.45. The molecule has 1 aromatic heterocycles. The van der Waals surface area contributed by atoms with E-state index in [0.29, 0.717) is 17.8 Å². The molecule has 0 radical (unpaired) electrons. The largest absolute Gasteiger partial charge is 0.322 e. The molecule has 0 aliphatic rings. The number of hydrogen-bond acceptors (Lipinski definition) is 3. The van der Waals surface area contributed by atoms with Gasteiger partial charge in [0.25, 0.3) is 11.8 Å². The Bertz CT molecular complexity index is 1000. The number of aromatic nitrogens is 1. The Balaban J connectivity index is 1.82. The molecule has 0 fully saturated rings. The van der Waals surface area contributed by atoms with Crippen LogP contribution in [0.4, 0.5) is 15.8 Å². The lowest BCUT2D eigenvalue weighted by molar-refractivity contribution is 0.0983. The number of anilines is 2. The van der Waals surface area contributed by atoms with Gasteiger partial charge in [0.15, 0.2) is 0 Å². The number of carbonyl (C=O) groups excluding carboxylic acids is 2. The van der Waals surface area contributed by atoms with Gasteiger partial charge in [0.1, 0.15) is 11.5 Å². The molecule has 0 bridgehead atoms. The molecule has 3 aromatic rings. The molecule has 0 saturated heterocycles. The summed E-state index contributed by atoms with van der Waals surface area (Å²) in [5.74, 6) is -1.07. The average Bonchev–Trinajstić information content (AvgIpc) is 2.70. The summed E-state index contributed by atoms with van der Waals surface area (Å²) in [6, 6.07) is 16.1. The van der Waals surface area contributed by atoms with E-state index in [-0.39, 0.29) is 17.4 Å². The lowest BCUT2D eigenvalue weighted by Gasteiger charge is -2.21. The van der Waals surface area contributed by atoms with Gasteiger partial charge in [-0.3, -0.25) is 14.6 Å². The molecule has 3 rings (SSSR count). The van der Waals surface area contributed by atoms with Crippen LogP contribution in [-0.2, 0) is 0 Å². The normalized spacial score (nSPS) is 10.4. The Morgan fingerprint density at radius 1 is 1.07 bits per heavy atom. The van der Waals surface area contributed by atoms with Crippen molar-refractivity contribution in [3.63, 3.8) is 0 Å². The summed E-state index contributed by atoms with van der Waals surface area (Å²) in [4.78, 5) is 31.2. The van der Waals surface area contributed by atoms with Crippen molar-refractivity contribution in [2.75, 3.05) is 16.8 Å². The van der Waals surface area contributed by atoms with Crippen LogP contribution in [0.2, 0.25) is 0 Å². The van der Waals surface area contributed by atoms with Crippen LogP contribution in [0.5, 0.6) is 0 Å². The Kier molecular flexibility index (Phi) is 5.79. The van der Waals surface area contributed by atoms with Gasteiger partial charge in [0.2, 0.25) is 0 Å². The number of amides is 2. The fourth-order valence-corrected chi connectivity index (χ4v) is 2.80. The van der Waals surface area contributed by atoms with Crippen LogP contribution in [0.3, 0.4) is 0 Å². The standard InChI is InChI=1S/C22H20FN3O2/c1-3-26(19-6-4-5-15(2)13-19)22(28)20-14-16(11-12-24-20)21(27)25-18-9-7-17(23)8-10-18/h4-14H,3H2,1-2H3,(H,25,27). The van der Waals surface area contributed by atoms with E-state index in [0.717, 1.165) is 11.3 Å². The van der Waals surface area contributed by atoms with Crippen molar-refractivity contribution in [1.82, 2.24) is 4.98 Å². The smallest absolute Gasteiger partial charge is 0.276 e. The number of rotatable bonds is 5. The van der Waals surface area contributed by atoms with Crippen molar-refractivity contribution < 1.29 is 14.0 Å². The summed E-state index contributed by atoms with van der Waals surface area (Å²) < 4.78 is 13.0. The van der Waals surface area contributed by atoms with E-state index in [9.17, 15) is 14.0 Å². The highest BCUT2D eigenvalue weighted by atomic mass is 19.1. The van der Waals surface area contributed by atoms with Crippen LogP contribution >= 0.6 is 0 Å². The summed E-state index contributed by atoms with van der Waals surface area (Å²) in [7, 11) is 0. The van der Waals surface area contributed by atoms with Crippen molar-refractivity contribution in [1.29, 1.82) is 0 Å². The van der Waals surface area contributed by atoms with E-state index < -0.39 is 5.91 Å². The second kappa shape index (κ2) is 8.43. The molecule has 1 N–H and O–H groups in total. The minimum Gasteiger partial charge on any atom is -0.322 e. The van der Waals surface area contributed by atoms with Crippen LogP contribution in [0.15, 0.2) is 66.9 Å². The van der Waals surface area contributed by atoms with Crippen molar-refractivity contribution >= 4 is 23.2 Å². The fourth-order valence-electron chi connectivity index (χ4n) is 2.80. The first kappa shape index (κ1) is 19.2. The highest BCUT2D eigenvalue weighted by Crippen LogP contribution is 2.19.